The Labute approximate surface area is 92.0 Å². The first-order chi connectivity index (χ1) is 6.99. The van der Waals surface area contributed by atoms with Gasteiger partial charge in [0.2, 0.25) is 10.0 Å². The van der Waals surface area contributed by atoms with E-state index in [9.17, 15) is 8.42 Å². The molecule has 0 spiro atoms. The summed E-state index contributed by atoms with van der Waals surface area (Å²) in [5, 5.41) is 4.96. The van der Waals surface area contributed by atoms with Crippen LogP contribution in [-0.2, 0) is 19.5 Å². The molecular weight excluding hydrogens is 218 g/mol. The van der Waals surface area contributed by atoms with Crippen LogP contribution >= 0.6 is 0 Å². The van der Waals surface area contributed by atoms with Crippen LogP contribution in [0.15, 0.2) is 0 Å². The van der Waals surface area contributed by atoms with Gasteiger partial charge < -0.3 is 9.47 Å². The Morgan fingerprint density at radius 2 is 2.00 bits per heavy atom. The van der Waals surface area contributed by atoms with Crippen molar-refractivity contribution in [2.45, 2.75) is 19.8 Å². The second-order valence-electron chi connectivity index (χ2n) is 3.53. The number of hydrogen-bond acceptors (Lipinski definition) is 4. The Morgan fingerprint density at radius 1 is 1.33 bits per heavy atom. The molecular formula is C9H21NO4S. The van der Waals surface area contributed by atoms with Gasteiger partial charge in [-0.1, -0.05) is 13.3 Å². The normalized spacial score (nSPS) is 14.1. The van der Waals surface area contributed by atoms with Crippen LogP contribution in [0.3, 0.4) is 0 Å². The lowest BCUT2D eigenvalue weighted by Crippen LogP contribution is -2.25. The third-order valence-electron chi connectivity index (χ3n) is 2.04. The predicted octanol–water partition coefficient (Wildman–Crippen LogP) is 0.354. The first-order valence-corrected chi connectivity index (χ1v) is 6.78. The molecule has 5 nitrogen and oxygen atoms in total. The predicted molar refractivity (Wildman–Crippen MR) is 59.1 cm³/mol. The minimum absolute atomic E-state index is 0.00617. The molecule has 0 rings (SSSR count). The van der Waals surface area contributed by atoms with E-state index in [2.05, 4.69) is 0 Å². The van der Waals surface area contributed by atoms with Crippen molar-refractivity contribution in [1.82, 2.24) is 0 Å². The number of hydrogen-bond donors (Lipinski definition) is 1. The summed E-state index contributed by atoms with van der Waals surface area (Å²) in [4.78, 5) is 0. The molecule has 0 aliphatic rings. The summed E-state index contributed by atoms with van der Waals surface area (Å²) in [6, 6.07) is 0. The standard InChI is InChI=1S/C9H21NO4S/c1-3-9(8-15(10,11)12)7-14-6-4-5-13-2/h9H,3-8H2,1-2H3,(H2,10,11,12). The molecule has 6 heteroatoms. The highest BCUT2D eigenvalue weighted by atomic mass is 32.2. The van der Waals surface area contributed by atoms with E-state index < -0.39 is 10.0 Å². The van der Waals surface area contributed by atoms with Crippen molar-refractivity contribution in [3.8, 4) is 0 Å². The lowest BCUT2D eigenvalue weighted by molar-refractivity contribution is 0.0823. The Hall–Kier alpha value is -0.170. The van der Waals surface area contributed by atoms with E-state index in [0.717, 1.165) is 12.8 Å². The number of nitrogens with two attached hydrogens (primary N) is 1. The summed E-state index contributed by atoms with van der Waals surface area (Å²) in [5.74, 6) is -0.0177. The van der Waals surface area contributed by atoms with Crippen LogP contribution in [0.25, 0.3) is 0 Å². The van der Waals surface area contributed by atoms with Crippen LogP contribution in [0.4, 0.5) is 0 Å². The van der Waals surface area contributed by atoms with Crippen LogP contribution in [0.5, 0.6) is 0 Å². The molecule has 1 unspecified atom stereocenters. The Kier molecular flexibility index (Phi) is 7.95. The number of primary sulfonamides is 1. The smallest absolute Gasteiger partial charge is 0.209 e. The van der Waals surface area contributed by atoms with Gasteiger partial charge in [0.15, 0.2) is 0 Å². The Bertz CT molecular complexity index is 240. The minimum Gasteiger partial charge on any atom is -0.385 e. The Balaban J connectivity index is 3.62. The highest BCUT2D eigenvalue weighted by molar-refractivity contribution is 7.89. The van der Waals surface area contributed by atoms with Gasteiger partial charge in [-0.25, -0.2) is 13.6 Å². The topological polar surface area (TPSA) is 78.6 Å². The molecule has 0 heterocycles. The van der Waals surface area contributed by atoms with Crippen LogP contribution in [0.2, 0.25) is 0 Å². The van der Waals surface area contributed by atoms with Gasteiger partial charge in [-0.15, -0.1) is 0 Å². The highest BCUT2D eigenvalue weighted by Gasteiger charge is 2.13. The molecule has 0 saturated carbocycles. The van der Waals surface area contributed by atoms with Gasteiger partial charge in [0.05, 0.1) is 12.4 Å². The summed E-state index contributed by atoms with van der Waals surface area (Å²) in [6.07, 6.45) is 1.57. The summed E-state index contributed by atoms with van der Waals surface area (Å²) >= 11 is 0. The van der Waals surface area contributed by atoms with Crippen molar-refractivity contribution in [3.05, 3.63) is 0 Å². The monoisotopic (exact) mass is 239 g/mol. The maximum atomic E-state index is 10.8. The first kappa shape index (κ1) is 14.8. The molecule has 0 aliphatic carbocycles. The fraction of sp³-hybridized carbons (Fsp3) is 1.00. The minimum atomic E-state index is -3.39. The molecule has 0 aromatic heterocycles. The fourth-order valence-electron chi connectivity index (χ4n) is 1.17. The molecule has 92 valence electrons. The van der Waals surface area contributed by atoms with Crippen molar-refractivity contribution < 1.29 is 17.9 Å². The zero-order valence-corrected chi connectivity index (χ0v) is 10.3. The maximum absolute atomic E-state index is 10.8. The van der Waals surface area contributed by atoms with Gasteiger partial charge in [0, 0.05) is 20.3 Å². The van der Waals surface area contributed by atoms with E-state index in [1.165, 1.54) is 0 Å². The van der Waals surface area contributed by atoms with Crippen molar-refractivity contribution >= 4 is 10.0 Å². The summed E-state index contributed by atoms with van der Waals surface area (Å²) in [7, 11) is -1.75. The van der Waals surface area contributed by atoms with Crippen LogP contribution in [0, 0.1) is 5.92 Å². The average molecular weight is 239 g/mol. The molecule has 0 aromatic rings. The molecule has 0 radical (unpaired) electrons. The summed E-state index contributed by atoms with van der Waals surface area (Å²) in [6.45, 7) is 3.62. The number of rotatable bonds is 9. The second kappa shape index (κ2) is 8.04. The number of sulfonamides is 1. The average Bonchev–Trinajstić information content (AvgIpc) is 2.14. The van der Waals surface area contributed by atoms with E-state index >= 15 is 0 Å². The van der Waals surface area contributed by atoms with E-state index in [-0.39, 0.29) is 11.7 Å². The largest absolute Gasteiger partial charge is 0.385 e. The highest BCUT2D eigenvalue weighted by Crippen LogP contribution is 2.05. The van der Waals surface area contributed by atoms with E-state index in [1.807, 2.05) is 6.92 Å². The lowest BCUT2D eigenvalue weighted by Gasteiger charge is -2.13. The second-order valence-corrected chi connectivity index (χ2v) is 5.18. The van der Waals surface area contributed by atoms with Crippen molar-refractivity contribution in [1.29, 1.82) is 0 Å². The summed E-state index contributed by atoms with van der Waals surface area (Å²) in [5.41, 5.74) is 0. The van der Waals surface area contributed by atoms with Crippen LogP contribution in [0.1, 0.15) is 19.8 Å². The zero-order valence-electron chi connectivity index (χ0n) is 9.44. The number of ether oxygens (including phenoxy) is 2. The molecule has 0 bridgehead atoms. The van der Waals surface area contributed by atoms with E-state index in [1.54, 1.807) is 7.11 Å². The summed E-state index contributed by atoms with van der Waals surface area (Å²) < 4.78 is 31.9. The van der Waals surface area contributed by atoms with Crippen LogP contribution in [-0.4, -0.2) is 41.1 Å². The zero-order chi connectivity index (χ0) is 11.7. The number of methoxy groups -OCH3 is 1. The fourth-order valence-corrected chi connectivity index (χ4v) is 2.16. The SMILES string of the molecule is CCC(COCCCOC)CS(N)(=O)=O. The van der Waals surface area contributed by atoms with E-state index in [4.69, 9.17) is 14.6 Å². The molecule has 1 atom stereocenters. The maximum Gasteiger partial charge on any atom is 0.209 e. The van der Waals surface area contributed by atoms with Gasteiger partial charge in [0.1, 0.15) is 0 Å². The molecule has 0 aliphatic heterocycles. The van der Waals surface area contributed by atoms with Gasteiger partial charge in [0.25, 0.3) is 0 Å². The van der Waals surface area contributed by atoms with Crippen molar-refractivity contribution in [3.63, 3.8) is 0 Å². The molecule has 0 fully saturated rings. The molecule has 0 aromatic carbocycles. The lowest BCUT2D eigenvalue weighted by atomic mass is 10.1. The molecule has 2 N–H and O–H groups in total. The van der Waals surface area contributed by atoms with Gasteiger partial charge in [-0.2, -0.15) is 0 Å². The third kappa shape index (κ3) is 10.1. The first-order valence-electron chi connectivity index (χ1n) is 5.06. The molecule has 0 amide bonds. The Morgan fingerprint density at radius 3 is 2.47 bits per heavy atom. The van der Waals surface area contributed by atoms with Gasteiger partial charge in [-0.05, 0) is 12.3 Å². The van der Waals surface area contributed by atoms with Crippen molar-refractivity contribution in [2.75, 3.05) is 32.7 Å². The van der Waals surface area contributed by atoms with Gasteiger partial charge >= 0.3 is 0 Å². The molecule has 15 heavy (non-hydrogen) atoms. The molecule has 0 saturated heterocycles. The van der Waals surface area contributed by atoms with Crippen LogP contribution < -0.4 is 5.14 Å². The van der Waals surface area contributed by atoms with Crippen molar-refractivity contribution in [2.24, 2.45) is 11.1 Å². The quantitative estimate of drug-likeness (QED) is 0.589. The van der Waals surface area contributed by atoms with E-state index in [0.29, 0.717) is 19.8 Å². The third-order valence-corrected chi connectivity index (χ3v) is 2.97. The van der Waals surface area contributed by atoms with Gasteiger partial charge in [-0.3, -0.25) is 0 Å².